The van der Waals surface area contributed by atoms with Crippen LogP contribution in [0.5, 0.6) is 5.75 Å². The molecule has 0 saturated heterocycles. The highest BCUT2D eigenvalue weighted by atomic mass is 127. The second-order valence-corrected chi connectivity index (χ2v) is 9.47. The van der Waals surface area contributed by atoms with Gasteiger partial charge >= 0.3 is 5.69 Å². The van der Waals surface area contributed by atoms with Crippen molar-refractivity contribution in [2.75, 3.05) is 13.7 Å². The Morgan fingerprint density at radius 2 is 1.94 bits per heavy atom. The highest BCUT2D eigenvalue weighted by molar-refractivity contribution is 14.1. The number of ketones is 1. The van der Waals surface area contributed by atoms with E-state index in [1.54, 1.807) is 13.8 Å². The molecule has 1 aromatic carbocycles. The van der Waals surface area contributed by atoms with E-state index in [0.717, 1.165) is 24.2 Å². The van der Waals surface area contributed by atoms with Crippen molar-refractivity contribution in [3.63, 3.8) is 0 Å². The lowest BCUT2D eigenvalue weighted by Gasteiger charge is -2.13. The lowest BCUT2D eigenvalue weighted by Crippen LogP contribution is -2.44. The van der Waals surface area contributed by atoms with Gasteiger partial charge in [-0.1, -0.05) is 0 Å². The number of hydrogen-bond donors (Lipinski definition) is 1. The number of aromatic nitrogens is 2. The first-order valence-electron chi connectivity index (χ1n) is 9.25. The van der Waals surface area contributed by atoms with Crippen LogP contribution < -0.4 is 21.3 Å². The predicted octanol–water partition coefficient (Wildman–Crippen LogP) is 2.30. The van der Waals surface area contributed by atoms with E-state index in [0.29, 0.717) is 16.9 Å². The number of rotatable bonds is 7. The number of Topliss-reactive ketones (excluding diaryl/α,β-unsaturated/α-hetero) is 1. The summed E-state index contributed by atoms with van der Waals surface area (Å²) < 4.78 is 21.6. The molecule has 0 spiro atoms. The average molecular weight is 559 g/mol. The van der Waals surface area contributed by atoms with Crippen LogP contribution in [0.2, 0.25) is 0 Å². The number of ether oxygens (including phenoxy) is 1. The summed E-state index contributed by atoms with van der Waals surface area (Å²) in [6.07, 6.45) is 0. The Morgan fingerprint density at radius 1 is 1.23 bits per heavy atom. The normalized spacial score (nSPS) is 11.0. The maximum absolute atomic E-state index is 13.7. The molecule has 1 N–H and O–H groups in total. The summed E-state index contributed by atoms with van der Waals surface area (Å²) in [5.41, 5.74) is -0.730. The average Bonchev–Trinajstić information content (AvgIpc) is 3.03. The molecule has 3 rings (SSSR count). The minimum Gasteiger partial charge on any atom is -0.496 e. The number of likely N-dealkylation sites (N-methyl/N-ethyl adjacent to an activating group) is 1. The third-order valence-electron chi connectivity index (χ3n) is 4.68. The first kappa shape index (κ1) is 23.1. The lowest BCUT2D eigenvalue weighted by molar-refractivity contribution is -0.121. The fourth-order valence-electron chi connectivity index (χ4n) is 3.17. The van der Waals surface area contributed by atoms with E-state index >= 15 is 0 Å². The summed E-state index contributed by atoms with van der Waals surface area (Å²) in [4.78, 5) is 51.5. The molecule has 11 heteroatoms. The van der Waals surface area contributed by atoms with Crippen molar-refractivity contribution in [3.05, 3.63) is 58.9 Å². The second kappa shape index (κ2) is 9.30. The number of carbonyl (C=O) groups excluding carboxylic acids is 2. The topological polar surface area (TPSA) is 99.4 Å². The van der Waals surface area contributed by atoms with Crippen molar-refractivity contribution in [2.24, 2.45) is 0 Å². The fraction of sp³-hybridized carbons (Fsp3) is 0.300. The second-order valence-electron chi connectivity index (χ2n) is 6.66. The Morgan fingerprint density at radius 3 is 2.58 bits per heavy atom. The van der Waals surface area contributed by atoms with Gasteiger partial charge in [0.25, 0.3) is 5.56 Å². The number of carbonyl (C=O) groups is 2. The van der Waals surface area contributed by atoms with Crippen molar-refractivity contribution in [1.82, 2.24) is 14.5 Å². The van der Waals surface area contributed by atoms with E-state index in [-0.39, 0.29) is 16.7 Å². The Bertz CT molecular complexity index is 1310. The molecule has 2 heterocycles. The zero-order valence-electron chi connectivity index (χ0n) is 17.0. The van der Waals surface area contributed by atoms with Crippen molar-refractivity contribution >= 4 is 55.8 Å². The molecule has 0 aliphatic heterocycles. The monoisotopic (exact) mass is 559 g/mol. The zero-order chi connectivity index (χ0) is 22.9. The summed E-state index contributed by atoms with van der Waals surface area (Å²) in [6, 6.07) is 3.53. The number of aryl methyl sites for hydroxylation is 1. The third kappa shape index (κ3) is 4.42. The molecule has 0 saturated carbocycles. The van der Waals surface area contributed by atoms with Crippen LogP contribution in [-0.2, 0) is 17.9 Å². The Kier molecular flexibility index (Phi) is 6.94. The van der Waals surface area contributed by atoms with Crippen molar-refractivity contribution < 1.29 is 18.7 Å². The summed E-state index contributed by atoms with van der Waals surface area (Å²) in [5.74, 6) is -1.51. The summed E-state index contributed by atoms with van der Waals surface area (Å²) >= 11 is 3.26. The first-order valence-corrected chi connectivity index (χ1v) is 11.1. The quantitative estimate of drug-likeness (QED) is 0.354. The highest BCUT2D eigenvalue weighted by Crippen LogP contribution is 2.29. The lowest BCUT2D eigenvalue weighted by atomic mass is 10.1. The molecule has 1 amide bonds. The summed E-state index contributed by atoms with van der Waals surface area (Å²) in [5, 5.41) is 2.83. The fourth-order valence-corrected chi connectivity index (χ4v) is 5.09. The van der Waals surface area contributed by atoms with Crippen LogP contribution in [0.25, 0.3) is 10.2 Å². The number of nitrogens with one attached hydrogen (secondary N) is 1. The number of fused-ring (bicyclic) bond motifs is 1. The maximum atomic E-state index is 13.7. The molecule has 0 aliphatic carbocycles. The number of benzene rings is 1. The molecule has 0 atom stereocenters. The molecule has 2 aromatic heterocycles. The van der Waals surface area contributed by atoms with Crippen molar-refractivity contribution in [3.8, 4) is 5.75 Å². The number of methoxy groups -OCH3 is 1. The number of thiophene rings is 1. The Balaban J connectivity index is 2.20. The van der Waals surface area contributed by atoms with Crippen molar-refractivity contribution in [2.45, 2.75) is 26.9 Å². The van der Waals surface area contributed by atoms with E-state index in [1.807, 2.05) is 0 Å². The van der Waals surface area contributed by atoms with Gasteiger partial charge in [0.15, 0.2) is 5.78 Å². The van der Waals surface area contributed by atoms with Crippen LogP contribution in [0, 0.1) is 15.6 Å². The van der Waals surface area contributed by atoms with Crippen LogP contribution >= 0.6 is 33.9 Å². The maximum Gasteiger partial charge on any atom is 0.333 e. The van der Waals surface area contributed by atoms with Crippen LogP contribution in [-0.4, -0.2) is 34.5 Å². The van der Waals surface area contributed by atoms with E-state index in [2.05, 4.69) is 27.9 Å². The first-order chi connectivity index (χ1) is 14.7. The minimum atomic E-state index is -0.787. The van der Waals surface area contributed by atoms with Gasteiger partial charge in [-0.25, -0.2) is 9.18 Å². The van der Waals surface area contributed by atoms with Gasteiger partial charge in [0.1, 0.15) is 22.9 Å². The van der Waals surface area contributed by atoms with E-state index in [9.17, 15) is 23.6 Å². The molecule has 0 fully saturated rings. The molecule has 0 radical (unpaired) electrons. The van der Waals surface area contributed by atoms with Crippen LogP contribution in [0.15, 0.2) is 27.8 Å². The third-order valence-corrected chi connectivity index (χ3v) is 7.25. The minimum absolute atomic E-state index is 0.0213. The van der Waals surface area contributed by atoms with Gasteiger partial charge in [0.05, 0.1) is 27.5 Å². The molecular formula is C20H19FIN3O5S. The molecule has 164 valence electrons. The summed E-state index contributed by atoms with van der Waals surface area (Å²) in [7, 11) is 1.35. The van der Waals surface area contributed by atoms with Crippen LogP contribution in [0.1, 0.15) is 22.8 Å². The highest BCUT2D eigenvalue weighted by Gasteiger charge is 2.23. The molecule has 31 heavy (non-hydrogen) atoms. The van der Waals surface area contributed by atoms with Gasteiger partial charge in [0.2, 0.25) is 5.91 Å². The van der Waals surface area contributed by atoms with Gasteiger partial charge < -0.3 is 10.1 Å². The molecule has 0 unspecified atom stereocenters. The predicted molar refractivity (Wildman–Crippen MR) is 124 cm³/mol. The number of halogens is 2. The Labute approximate surface area is 193 Å². The van der Waals surface area contributed by atoms with E-state index in [4.69, 9.17) is 4.74 Å². The molecule has 0 bridgehead atoms. The summed E-state index contributed by atoms with van der Waals surface area (Å²) in [6.45, 7) is 2.90. The molecular weight excluding hydrogens is 540 g/mol. The van der Waals surface area contributed by atoms with Gasteiger partial charge in [-0.3, -0.25) is 23.5 Å². The van der Waals surface area contributed by atoms with E-state index < -0.39 is 41.8 Å². The molecule has 3 aromatic rings. The van der Waals surface area contributed by atoms with Gasteiger partial charge in [-0.2, -0.15) is 0 Å². The van der Waals surface area contributed by atoms with Crippen LogP contribution in [0.3, 0.4) is 0 Å². The number of amides is 1. The zero-order valence-corrected chi connectivity index (χ0v) is 19.9. The Hall–Kier alpha value is -2.54. The van der Waals surface area contributed by atoms with E-state index in [1.165, 1.54) is 24.5 Å². The largest absolute Gasteiger partial charge is 0.496 e. The van der Waals surface area contributed by atoms with Gasteiger partial charge in [-0.15, -0.1) is 11.3 Å². The number of hydrogen-bond acceptors (Lipinski definition) is 6. The van der Waals surface area contributed by atoms with Gasteiger partial charge in [0, 0.05) is 6.54 Å². The standard InChI is InChI=1S/C20H19FIN3O5S/c1-4-23-15(27)9-24-18(28)16-10(2)17(22)31-19(16)25(20(24)29)8-13(26)12-7-11(21)5-6-14(12)30-3/h5-7H,4,8-9H2,1-3H3,(H,23,27). The van der Waals surface area contributed by atoms with Crippen LogP contribution in [0.4, 0.5) is 4.39 Å². The van der Waals surface area contributed by atoms with Crippen molar-refractivity contribution in [1.29, 1.82) is 0 Å². The SMILES string of the molecule is CCNC(=O)Cn1c(=O)c2c(C)c(I)sc2n(CC(=O)c2cc(F)ccc2OC)c1=O. The number of nitrogens with zero attached hydrogens (tertiary/aromatic N) is 2. The smallest absolute Gasteiger partial charge is 0.333 e. The molecule has 0 aliphatic rings. The van der Waals surface area contributed by atoms with Gasteiger partial charge in [-0.05, 0) is 60.2 Å². The molecule has 8 nitrogen and oxygen atoms in total.